The van der Waals surface area contributed by atoms with Gasteiger partial charge in [-0.2, -0.15) is 0 Å². The van der Waals surface area contributed by atoms with Gasteiger partial charge in [0.25, 0.3) is 5.56 Å². The second-order valence-corrected chi connectivity index (χ2v) is 4.85. The van der Waals surface area contributed by atoms with Gasteiger partial charge >= 0.3 is 5.69 Å². The van der Waals surface area contributed by atoms with Gasteiger partial charge in [-0.25, -0.2) is 4.79 Å². The molecule has 0 bridgehead atoms. The van der Waals surface area contributed by atoms with E-state index in [-0.39, 0.29) is 30.1 Å². The first-order chi connectivity index (χ1) is 8.92. The number of H-pyrrole nitrogens is 1. The summed E-state index contributed by atoms with van der Waals surface area (Å²) in [6.07, 6.45) is 0.725. The van der Waals surface area contributed by atoms with Crippen LogP contribution in [0.5, 0.6) is 0 Å². The molecule has 0 aliphatic heterocycles. The van der Waals surface area contributed by atoms with Crippen molar-refractivity contribution in [2.75, 3.05) is 17.7 Å². The molecular weight excluding hydrogens is 248 g/mol. The fourth-order valence-electron chi connectivity index (χ4n) is 1.78. The van der Waals surface area contributed by atoms with E-state index in [1.54, 1.807) is 0 Å². The summed E-state index contributed by atoms with van der Waals surface area (Å²) in [5.74, 6) is 0.227. The van der Waals surface area contributed by atoms with Gasteiger partial charge in [0, 0.05) is 6.54 Å². The lowest BCUT2D eigenvalue weighted by molar-refractivity contribution is 0.249. The van der Waals surface area contributed by atoms with Crippen molar-refractivity contribution >= 4 is 11.5 Å². The van der Waals surface area contributed by atoms with Crippen LogP contribution in [0.3, 0.4) is 0 Å². The van der Waals surface area contributed by atoms with Crippen LogP contribution in [0.4, 0.5) is 11.5 Å². The molecule has 7 heteroatoms. The van der Waals surface area contributed by atoms with Gasteiger partial charge in [0.15, 0.2) is 0 Å². The molecule has 0 fully saturated rings. The lowest BCUT2D eigenvalue weighted by Crippen LogP contribution is -2.38. The van der Waals surface area contributed by atoms with Gasteiger partial charge in [0.2, 0.25) is 0 Å². The van der Waals surface area contributed by atoms with E-state index >= 15 is 0 Å². The van der Waals surface area contributed by atoms with Crippen molar-refractivity contribution in [2.45, 2.75) is 39.8 Å². The molecule has 0 radical (unpaired) electrons. The number of hydrogen-bond donors (Lipinski definition) is 4. The Morgan fingerprint density at radius 2 is 2.05 bits per heavy atom. The van der Waals surface area contributed by atoms with E-state index < -0.39 is 11.2 Å². The van der Waals surface area contributed by atoms with Crippen LogP contribution in [0.2, 0.25) is 0 Å². The van der Waals surface area contributed by atoms with E-state index in [0.29, 0.717) is 6.54 Å². The van der Waals surface area contributed by atoms with Crippen molar-refractivity contribution in [1.29, 1.82) is 0 Å². The van der Waals surface area contributed by atoms with Gasteiger partial charge in [0.1, 0.15) is 11.5 Å². The summed E-state index contributed by atoms with van der Waals surface area (Å²) >= 11 is 0. The van der Waals surface area contributed by atoms with Crippen LogP contribution in [0.15, 0.2) is 9.59 Å². The van der Waals surface area contributed by atoms with Gasteiger partial charge in [-0.3, -0.25) is 14.3 Å². The van der Waals surface area contributed by atoms with E-state index in [1.165, 1.54) is 4.57 Å². The van der Waals surface area contributed by atoms with Crippen LogP contribution in [0.25, 0.3) is 0 Å². The molecule has 108 valence electrons. The number of hydrogen-bond acceptors (Lipinski definition) is 5. The monoisotopic (exact) mass is 270 g/mol. The maximum atomic E-state index is 11.8. The average molecular weight is 270 g/mol. The Labute approximate surface area is 111 Å². The van der Waals surface area contributed by atoms with Crippen molar-refractivity contribution in [3.63, 3.8) is 0 Å². The number of nitrogens with one attached hydrogen (secondary N) is 2. The minimum atomic E-state index is -0.561. The molecule has 1 unspecified atom stereocenters. The number of aliphatic hydroxyl groups is 1. The summed E-state index contributed by atoms with van der Waals surface area (Å²) in [5.41, 5.74) is 4.94. The van der Waals surface area contributed by atoms with Crippen LogP contribution >= 0.6 is 0 Å². The predicted molar refractivity (Wildman–Crippen MR) is 75.4 cm³/mol. The van der Waals surface area contributed by atoms with E-state index in [4.69, 9.17) is 5.73 Å². The third-order valence-corrected chi connectivity index (χ3v) is 3.02. The molecule has 1 heterocycles. The predicted octanol–water partition coefficient (Wildman–Crippen LogP) is -0.0424. The first-order valence-corrected chi connectivity index (χ1v) is 6.42. The van der Waals surface area contributed by atoms with Crippen molar-refractivity contribution < 1.29 is 5.11 Å². The number of nitrogens with zero attached hydrogens (tertiary/aromatic N) is 1. The maximum absolute atomic E-state index is 11.8. The van der Waals surface area contributed by atoms with Gasteiger partial charge in [0.05, 0.1) is 12.6 Å². The number of nitrogen functional groups attached to an aromatic ring is 1. The quantitative estimate of drug-likeness (QED) is 0.579. The highest BCUT2D eigenvalue weighted by Crippen LogP contribution is 2.14. The summed E-state index contributed by atoms with van der Waals surface area (Å²) < 4.78 is 1.32. The zero-order valence-corrected chi connectivity index (χ0v) is 11.6. The van der Waals surface area contributed by atoms with Crippen LogP contribution < -0.4 is 22.3 Å². The Balaban J connectivity index is 3.24. The molecule has 1 aromatic rings. The first-order valence-electron chi connectivity index (χ1n) is 6.42. The van der Waals surface area contributed by atoms with E-state index in [2.05, 4.69) is 10.3 Å². The number of aromatic nitrogens is 2. The van der Waals surface area contributed by atoms with Crippen molar-refractivity contribution in [1.82, 2.24) is 9.55 Å². The molecule has 5 N–H and O–H groups in total. The van der Waals surface area contributed by atoms with Crippen molar-refractivity contribution in [3.05, 3.63) is 20.8 Å². The fourth-order valence-corrected chi connectivity index (χ4v) is 1.78. The Bertz CT molecular complexity index is 533. The smallest absolute Gasteiger partial charge is 0.330 e. The minimum Gasteiger partial charge on any atom is -0.394 e. The molecule has 0 saturated heterocycles. The molecule has 0 spiro atoms. The molecule has 7 nitrogen and oxygen atoms in total. The topological polar surface area (TPSA) is 113 Å². The largest absolute Gasteiger partial charge is 0.394 e. The zero-order valence-electron chi connectivity index (χ0n) is 11.6. The Morgan fingerprint density at radius 1 is 1.42 bits per heavy atom. The maximum Gasteiger partial charge on any atom is 0.330 e. The lowest BCUT2D eigenvalue weighted by Gasteiger charge is -2.22. The molecule has 0 amide bonds. The summed E-state index contributed by atoms with van der Waals surface area (Å²) in [6, 6.07) is -0.295. The molecule has 0 aromatic carbocycles. The molecule has 0 aliphatic carbocycles. The van der Waals surface area contributed by atoms with Gasteiger partial charge in [-0.05, 0) is 12.3 Å². The summed E-state index contributed by atoms with van der Waals surface area (Å²) in [5, 5.41) is 12.2. The molecule has 1 atom stereocenters. The van der Waals surface area contributed by atoms with Gasteiger partial charge in [-0.1, -0.05) is 20.8 Å². The lowest BCUT2D eigenvalue weighted by atomic mass is 10.1. The number of nitrogens with two attached hydrogens (primary N) is 1. The number of aliphatic hydroxyl groups excluding tert-OH is 1. The molecule has 0 aliphatic rings. The number of anilines is 2. The molecule has 0 saturated carbocycles. The summed E-state index contributed by atoms with van der Waals surface area (Å²) in [7, 11) is 0. The minimum absolute atomic E-state index is 0.106. The second-order valence-electron chi connectivity index (χ2n) is 4.85. The third kappa shape index (κ3) is 3.37. The molecule has 19 heavy (non-hydrogen) atoms. The SMILES string of the molecule is CCCn1c(N)c(NC(CO)C(C)C)c(=O)[nH]c1=O. The van der Waals surface area contributed by atoms with E-state index in [1.807, 2.05) is 20.8 Å². The van der Waals surface area contributed by atoms with Crippen LogP contribution in [-0.2, 0) is 6.54 Å². The highest BCUT2D eigenvalue weighted by molar-refractivity contribution is 5.60. The average Bonchev–Trinajstić information content (AvgIpc) is 2.34. The van der Waals surface area contributed by atoms with Crippen LogP contribution in [-0.4, -0.2) is 27.3 Å². The zero-order chi connectivity index (χ0) is 14.6. The highest BCUT2D eigenvalue weighted by atomic mass is 16.3. The third-order valence-electron chi connectivity index (χ3n) is 3.02. The van der Waals surface area contributed by atoms with Gasteiger partial charge < -0.3 is 16.2 Å². The molecular formula is C12H22N4O3. The second kappa shape index (κ2) is 6.42. The van der Waals surface area contributed by atoms with E-state index in [9.17, 15) is 14.7 Å². The molecule has 1 rings (SSSR count). The summed E-state index contributed by atoms with van der Waals surface area (Å²) in [6.45, 7) is 6.06. The normalized spacial score (nSPS) is 12.7. The molecule has 1 aromatic heterocycles. The van der Waals surface area contributed by atoms with Crippen LogP contribution in [0.1, 0.15) is 27.2 Å². The van der Waals surface area contributed by atoms with E-state index in [0.717, 1.165) is 6.42 Å². The van der Waals surface area contributed by atoms with Crippen LogP contribution in [0, 0.1) is 5.92 Å². The Morgan fingerprint density at radius 3 is 2.53 bits per heavy atom. The van der Waals surface area contributed by atoms with Crippen molar-refractivity contribution in [3.8, 4) is 0 Å². The first kappa shape index (κ1) is 15.3. The summed E-state index contributed by atoms with van der Waals surface area (Å²) in [4.78, 5) is 25.7. The Kier molecular flexibility index (Phi) is 5.17. The standard InChI is InChI=1S/C12H22N4O3/c1-4-5-16-10(13)9(11(18)15-12(16)19)14-8(6-17)7(2)3/h7-8,14,17H,4-6,13H2,1-3H3,(H,15,18,19). The highest BCUT2D eigenvalue weighted by Gasteiger charge is 2.18. The van der Waals surface area contributed by atoms with Gasteiger partial charge in [-0.15, -0.1) is 0 Å². The van der Waals surface area contributed by atoms with Crippen molar-refractivity contribution in [2.24, 2.45) is 5.92 Å². The Hall–Kier alpha value is -1.76. The number of rotatable bonds is 6. The fraction of sp³-hybridized carbons (Fsp3) is 0.667. The number of aromatic amines is 1.